The molecule has 0 unspecified atom stereocenters. The third-order valence-electron chi connectivity index (χ3n) is 1.17. The maximum absolute atomic E-state index is 10.4. The van der Waals surface area contributed by atoms with Crippen LogP contribution in [0, 0.1) is 10.1 Å². The number of nitrogen functional groups attached to an aromatic ring is 1. The van der Waals surface area contributed by atoms with Crippen LogP contribution in [0.1, 0.15) is 0 Å². The number of rotatable bonds is 2. The zero-order valence-corrected chi connectivity index (χ0v) is 7.41. The Balaban J connectivity index is 3.21. The molecule has 0 fully saturated rings. The molecule has 0 bridgehead atoms. The zero-order valence-electron chi connectivity index (χ0n) is 5.82. The van der Waals surface area contributed by atoms with Crippen LogP contribution >= 0.6 is 15.9 Å². The predicted octanol–water partition coefficient (Wildman–Crippen LogP) is 1.04. The van der Waals surface area contributed by atoms with Gasteiger partial charge in [-0.3, -0.25) is 10.1 Å². The Morgan fingerprint density at radius 1 is 1.75 bits per heavy atom. The first-order chi connectivity index (χ1) is 5.65. The van der Waals surface area contributed by atoms with Crippen LogP contribution in [0.2, 0.25) is 0 Å². The van der Waals surface area contributed by atoms with Crippen molar-refractivity contribution in [1.82, 2.24) is 4.98 Å². The Hall–Kier alpha value is -1.21. The molecule has 0 saturated heterocycles. The molecule has 0 aliphatic rings. The largest absolute Gasteiger partial charge is 0.313 e. The molecule has 12 heavy (non-hydrogen) atoms. The third kappa shape index (κ3) is 1.69. The lowest BCUT2D eigenvalue weighted by atomic mass is 10.4. The van der Waals surface area contributed by atoms with Crippen LogP contribution in [0.15, 0.2) is 16.7 Å². The van der Waals surface area contributed by atoms with E-state index in [-0.39, 0.29) is 11.5 Å². The summed E-state index contributed by atoms with van der Waals surface area (Å²) in [5.74, 6) is 5.05. The number of aromatic nitrogens is 1. The molecule has 1 rings (SSSR count). The van der Waals surface area contributed by atoms with Gasteiger partial charge in [-0.25, -0.2) is 10.8 Å². The maximum Gasteiger partial charge on any atom is 0.313 e. The number of nitrogens with two attached hydrogens (primary N) is 1. The summed E-state index contributed by atoms with van der Waals surface area (Å²) in [7, 11) is 0. The molecule has 0 aliphatic carbocycles. The normalized spacial score (nSPS) is 9.50. The molecule has 0 amide bonds. The first-order valence-electron chi connectivity index (χ1n) is 2.91. The zero-order chi connectivity index (χ0) is 9.14. The minimum Gasteiger partial charge on any atom is -0.303 e. The molecule has 0 spiro atoms. The third-order valence-corrected chi connectivity index (χ3v) is 1.60. The summed E-state index contributed by atoms with van der Waals surface area (Å²) >= 11 is 3.06. The van der Waals surface area contributed by atoms with Gasteiger partial charge in [0.15, 0.2) is 0 Å². The maximum atomic E-state index is 10.4. The molecule has 7 heteroatoms. The van der Waals surface area contributed by atoms with E-state index in [1.165, 1.54) is 12.3 Å². The van der Waals surface area contributed by atoms with Crippen molar-refractivity contribution < 1.29 is 4.92 Å². The molecule has 0 radical (unpaired) electrons. The van der Waals surface area contributed by atoms with E-state index in [0.717, 1.165) is 0 Å². The van der Waals surface area contributed by atoms with Crippen LogP contribution in [0.25, 0.3) is 0 Å². The summed E-state index contributed by atoms with van der Waals surface area (Å²) in [6.07, 6.45) is 1.42. The van der Waals surface area contributed by atoms with Gasteiger partial charge in [-0.05, 0) is 15.9 Å². The van der Waals surface area contributed by atoms with E-state index in [0.29, 0.717) is 4.47 Å². The Bertz CT molecular complexity index is 316. The lowest BCUT2D eigenvalue weighted by molar-refractivity contribution is -0.384. The van der Waals surface area contributed by atoms with Crippen molar-refractivity contribution in [3.05, 3.63) is 26.9 Å². The fraction of sp³-hybridized carbons (Fsp3) is 0. The van der Waals surface area contributed by atoms with Gasteiger partial charge in [0, 0.05) is 16.7 Å². The number of pyridine rings is 1. The van der Waals surface area contributed by atoms with Crippen LogP contribution in [0.4, 0.5) is 11.5 Å². The van der Waals surface area contributed by atoms with E-state index in [1.54, 1.807) is 0 Å². The van der Waals surface area contributed by atoms with Gasteiger partial charge >= 0.3 is 5.69 Å². The van der Waals surface area contributed by atoms with E-state index in [9.17, 15) is 10.1 Å². The highest BCUT2D eigenvalue weighted by Gasteiger charge is 2.14. The lowest BCUT2D eigenvalue weighted by Crippen LogP contribution is -2.10. The summed E-state index contributed by atoms with van der Waals surface area (Å²) in [6.45, 7) is 0. The second-order valence-electron chi connectivity index (χ2n) is 1.92. The first-order valence-corrected chi connectivity index (χ1v) is 3.71. The summed E-state index contributed by atoms with van der Waals surface area (Å²) in [4.78, 5) is 13.5. The number of halogens is 1. The van der Waals surface area contributed by atoms with E-state index < -0.39 is 4.92 Å². The number of hydrazine groups is 1. The van der Waals surface area contributed by atoms with Crippen LogP contribution in [-0.4, -0.2) is 9.91 Å². The van der Waals surface area contributed by atoms with Gasteiger partial charge in [0.1, 0.15) is 0 Å². The van der Waals surface area contributed by atoms with Crippen LogP contribution in [0.5, 0.6) is 0 Å². The molecule has 1 aromatic rings. The highest BCUT2D eigenvalue weighted by molar-refractivity contribution is 9.10. The van der Waals surface area contributed by atoms with Crippen molar-refractivity contribution in [2.45, 2.75) is 0 Å². The molecule has 1 heterocycles. The summed E-state index contributed by atoms with van der Waals surface area (Å²) < 4.78 is 0.535. The Morgan fingerprint density at radius 3 is 2.92 bits per heavy atom. The average Bonchev–Trinajstić information content (AvgIpc) is 2.04. The van der Waals surface area contributed by atoms with Gasteiger partial charge in [0.2, 0.25) is 5.82 Å². The van der Waals surface area contributed by atoms with E-state index in [4.69, 9.17) is 5.84 Å². The van der Waals surface area contributed by atoms with Crippen LogP contribution in [-0.2, 0) is 0 Å². The Morgan fingerprint density at radius 2 is 2.42 bits per heavy atom. The highest BCUT2D eigenvalue weighted by atomic mass is 79.9. The van der Waals surface area contributed by atoms with Gasteiger partial charge in [-0.15, -0.1) is 0 Å². The molecule has 0 aromatic carbocycles. The number of anilines is 1. The van der Waals surface area contributed by atoms with Crippen molar-refractivity contribution in [2.75, 3.05) is 5.43 Å². The number of hydrogen-bond acceptors (Lipinski definition) is 5. The molecule has 64 valence electrons. The van der Waals surface area contributed by atoms with Crippen molar-refractivity contribution in [3.8, 4) is 0 Å². The fourth-order valence-electron chi connectivity index (χ4n) is 0.679. The number of nitrogens with one attached hydrogen (secondary N) is 1. The van der Waals surface area contributed by atoms with E-state index in [2.05, 4.69) is 26.3 Å². The first kappa shape index (κ1) is 8.88. The second-order valence-corrected chi connectivity index (χ2v) is 2.84. The molecule has 1 aromatic heterocycles. The molecule has 3 N–H and O–H groups in total. The van der Waals surface area contributed by atoms with Gasteiger partial charge in [0.05, 0.1) is 4.92 Å². The molecular weight excluding hydrogens is 228 g/mol. The lowest BCUT2D eigenvalue weighted by Gasteiger charge is -1.99. The van der Waals surface area contributed by atoms with E-state index >= 15 is 0 Å². The summed E-state index contributed by atoms with van der Waals surface area (Å²) in [6, 6.07) is 1.32. The summed E-state index contributed by atoms with van der Waals surface area (Å²) in [5, 5.41) is 10.4. The highest BCUT2D eigenvalue weighted by Crippen LogP contribution is 2.23. The Labute approximate surface area is 76.0 Å². The molecule has 0 saturated carbocycles. The molecular formula is C5H5BrN4O2. The quantitative estimate of drug-likeness (QED) is 0.452. The van der Waals surface area contributed by atoms with Crippen LogP contribution < -0.4 is 11.3 Å². The molecule has 0 aliphatic heterocycles. The van der Waals surface area contributed by atoms with Crippen molar-refractivity contribution in [2.24, 2.45) is 5.84 Å². The minimum absolute atomic E-state index is 0.0446. The minimum atomic E-state index is -0.563. The average molecular weight is 233 g/mol. The molecule has 0 atom stereocenters. The standard InChI is InChI=1S/C5H5BrN4O2/c6-3-1-4(10(11)12)5(9-7)8-2-3/h1-2H,7H2,(H,8,9). The number of nitro groups is 1. The van der Waals surface area contributed by atoms with Gasteiger partial charge in [-0.1, -0.05) is 0 Å². The van der Waals surface area contributed by atoms with E-state index in [1.807, 2.05) is 0 Å². The number of nitrogens with zero attached hydrogens (tertiary/aromatic N) is 2. The number of hydrogen-bond donors (Lipinski definition) is 2. The monoisotopic (exact) mass is 232 g/mol. The SMILES string of the molecule is NNc1ncc(Br)cc1[N+](=O)[O-]. The van der Waals surface area contributed by atoms with Gasteiger partial charge < -0.3 is 5.43 Å². The van der Waals surface area contributed by atoms with Crippen molar-refractivity contribution in [1.29, 1.82) is 0 Å². The molecule has 6 nitrogen and oxygen atoms in total. The van der Waals surface area contributed by atoms with Gasteiger partial charge in [0.25, 0.3) is 0 Å². The van der Waals surface area contributed by atoms with Crippen LogP contribution in [0.3, 0.4) is 0 Å². The van der Waals surface area contributed by atoms with Crippen molar-refractivity contribution >= 4 is 27.4 Å². The second kappa shape index (κ2) is 3.46. The topological polar surface area (TPSA) is 94.1 Å². The fourth-order valence-corrected chi connectivity index (χ4v) is 0.998. The summed E-state index contributed by atoms with van der Waals surface area (Å²) in [5.41, 5.74) is 1.97. The van der Waals surface area contributed by atoms with Gasteiger partial charge in [-0.2, -0.15) is 0 Å². The smallest absolute Gasteiger partial charge is 0.303 e. The Kier molecular flexibility index (Phi) is 2.56. The van der Waals surface area contributed by atoms with Crippen molar-refractivity contribution in [3.63, 3.8) is 0 Å². The predicted molar refractivity (Wildman–Crippen MR) is 46.4 cm³/mol.